The van der Waals surface area contributed by atoms with Crippen molar-refractivity contribution in [1.82, 2.24) is 10.6 Å². The van der Waals surface area contributed by atoms with E-state index in [0.29, 0.717) is 5.75 Å². The van der Waals surface area contributed by atoms with Gasteiger partial charge >= 0.3 is 0 Å². The zero-order valence-corrected chi connectivity index (χ0v) is 10.2. The van der Waals surface area contributed by atoms with Gasteiger partial charge in [0.25, 0.3) is 0 Å². The first-order valence-corrected chi connectivity index (χ1v) is 6.60. The Balaban J connectivity index is 0.00000112. The highest BCUT2D eigenvalue weighted by atomic mass is 35.5. The van der Waals surface area contributed by atoms with Gasteiger partial charge in [-0.25, -0.2) is 0 Å². The Kier molecular flexibility index (Phi) is 5.02. The molecular formula is C9H17ClN2O2S. The van der Waals surface area contributed by atoms with Gasteiger partial charge in [-0.1, -0.05) is 0 Å². The third-order valence-electron chi connectivity index (χ3n) is 2.86. The molecule has 2 heterocycles. The van der Waals surface area contributed by atoms with Crippen LogP contribution in [-0.4, -0.2) is 40.8 Å². The van der Waals surface area contributed by atoms with Crippen LogP contribution in [-0.2, 0) is 15.6 Å². The maximum Gasteiger partial charge on any atom is 0.224 e. The number of halogens is 1. The summed E-state index contributed by atoms with van der Waals surface area (Å²) in [6, 6.07) is 0.156. The SMILES string of the molecule is Cl.O=C(NC1CCS(=O)C1)[C@H]1CCNC1. The minimum atomic E-state index is -0.701. The van der Waals surface area contributed by atoms with E-state index >= 15 is 0 Å². The summed E-state index contributed by atoms with van der Waals surface area (Å²) in [5.74, 6) is 1.66. The highest BCUT2D eigenvalue weighted by molar-refractivity contribution is 7.85. The van der Waals surface area contributed by atoms with Crippen LogP contribution in [0, 0.1) is 5.92 Å². The molecular weight excluding hydrogens is 236 g/mol. The summed E-state index contributed by atoms with van der Waals surface area (Å²) in [6.07, 6.45) is 1.81. The Bertz CT molecular complexity index is 256. The predicted molar refractivity (Wildman–Crippen MR) is 62.6 cm³/mol. The second kappa shape index (κ2) is 5.82. The molecule has 3 atom stereocenters. The van der Waals surface area contributed by atoms with Crippen LogP contribution in [0.5, 0.6) is 0 Å². The van der Waals surface area contributed by atoms with E-state index in [9.17, 15) is 9.00 Å². The summed E-state index contributed by atoms with van der Waals surface area (Å²) in [5.41, 5.74) is 0. The van der Waals surface area contributed by atoms with Gasteiger partial charge < -0.3 is 10.6 Å². The van der Waals surface area contributed by atoms with Gasteiger partial charge in [-0.15, -0.1) is 12.4 Å². The molecule has 0 aliphatic carbocycles. The van der Waals surface area contributed by atoms with Crippen molar-refractivity contribution in [3.8, 4) is 0 Å². The predicted octanol–water partition coefficient (Wildman–Crippen LogP) is -0.345. The summed E-state index contributed by atoms with van der Waals surface area (Å²) < 4.78 is 11.1. The summed E-state index contributed by atoms with van der Waals surface area (Å²) in [7, 11) is -0.701. The molecule has 88 valence electrons. The average Bonchev–Trinajstić information content (AvgIpc) is 2.75. The molecule has 2 aliphatic heterocycles. The lowest BCUT2D eigenvalue weighted by atomic mass is 10.1. The number of rotatable bonds is 2. The van der Waals surface area contributed by atoms with Crippen LogP contribution in [0.4, 0.5) is 0 Å². The number of carbonyl (C=O) groups excluding carboxylic acids is 1. The second-order valence-corrected chi connectivity index (χ2v) is 5.62. The highest BCUT2D eigenvalue weighted by Gasteiger charge is 2.27. The molecule has 0 aromatic rings. The van der Waals surface area contributed by atoms with Gasteiger partial charge in [0.15, 0.2) is 0 Å². The first-order valence-electron chi connectivity index (χ1n) is 5.12. The average molecular weight is 253 g/mol. The van der Waals surface area contributed by atoms with E-state index in [1.165, 1.54) is 0 Å². The lowest BCUT2D eigenvalue weighted by Crippen LogP contribution is -2.39. The minimum Gasteiger partial charge on any atom is -0.352 e. The van der Waals surface area contributed by atoms with Gasteiger partial charge in [-0.2, -0.15) is 0 Å². The largest absolute Gasteiger partial charge is 0.352 e. The van der Waals surface area contributed by atoms with Crippen molar-refractivity contribution in [3.05, 3.63) is 0 Å². The molecule has 0 aromatic carbocycles. The fraction of sp³-hybridized carbons (Fsp3) is 0.889. The van der Waals surface area contributed by atoms with Crippen molar-refractivity contribution in [3.63, 3.8) is 0 Å². The molecule has 2 unspecified atom stereocenters. The minimum absolute atomic E-state index is 0. The Labute approximate surface area is 98.4 Å². The molecule has 6 heteroatoms. The van der Waals surface area contributed by atoms with E-state index in [2.05, 4.69) is 10.6 Å². The molecule has 2 aliphatic rings. The molecule has 2 fully saturated rings. The van der Waals surface area contributed by atoms with Crippen molar-refractivity contribution < 1.29 is 9.00 Å². The third kappa shape index (κ3) is 3.43. The lowest BCUT2D eigenvalue weighted by Gasteiger charge is -2.14. The molecule has 0 saturated carbocycles. The van der Waals surface area contributed by atoms with Gasteiger partial charge in [0.1, 0.15) is 0 Å². The quantitative estimate of drug-likeness (QED) is 0.707. The standard InChI is InChI=1S/C9H16N2O2S.ClH/c12-9(7-1-3-10-5-7)11-8-2-4-14(13)6-8;/h7-8,10H,1-6H2,(H,11,12);1H/t7-,8?,14?;/m0./s1. The van der Waals surface area contributed by atoms with E-state index < -0.39 is 10.8 Å². The second-order valence-electron chi connectivity index (χ2n) is 3.99. The van der Waals surface area contributed by atoms with E-state index in [0.717, 1.165) is 31.7 Å². The van der Waals surface area contributed by atoms with Crippen LogP contribution in [0.1, 0.15) is 12.8 Å². The molecule has 0 bridgehead atoms. The highest BCUT2D eigenvalue weighted by Crippen LogP contribution is 2.11. The topological polar surface area (TPSA) is 58.2 Å². The Morgan fingerprint density at radius 1 is 1.40 bits per heavy atom. The maximum atomic E-state index is 11.7. The molecule has 15 heavy (non-hydrogen) atoms. The van der Waals surface area contributed by atoms with Crippen molar-refractivity contribution in [1.29, 1.82) is 0 Å². The molecule has 2 saturated heterocycles. The van der Waals surface area contributed by atoms with E-state index in [4.69, 9.17) is 0 Å². The zero-order chi connectivity index (χ0) is 9.97. The number of carbonyl (C=O) groups is 1. The number of nitrogens with one attached hydrogen (secondary N) is 2. The van der Waals surface area contributed by atoms with Crippen molar-refractivity contribution in [2.45, 2.75) is 18.9 Å². The lowest BCUT2D eigenvalue weighted by molar-refractivity contribution is -0.124. The fourth-order valence-corrected chi connectivity index (χ4v) is 3.39. The van der Waals surface area contributed by atoms with Crippen LogP contribution in [0.15, 0.2) is 0 Å². The van der Waals surface area contributed by atoms with Gasteiger partial charge in [-0.3, -0.25) is 9.00 Å². The van der Waals surface area contributed by atoms with Crippen LogP contribution < -0.4 is 10.6 Å². The number of amides is 1. The molecule has 1 amide bonds. The van der Waals surface area contributed by atoms with E-state index in [1.54, 1.807) is 0 Å². The first kappa shape index (κ1) is 12.9. The number of hydrogen-bond donors (Lipinski definition) is 2. The van der Waals surface area contributed by atoms with Crippen LogP contribution in [0.2, 0.25) is 0 Å². The molecule has 4 nitrogen and oxygen atoms in total. The van der Waals surface area contributed by atoms with Crippen molar-refractivity contribution in [2.24, 2.45) is 5.92 Å². The number of hydrogen-bond acceptors (Lipinski definition) is 3. The maximum absolute atomic E-state index is 11.7. The van der Waals surface area contributed by atoms with Crippen molar-refractivity contribution in [2.75, 3.05) is 24.6 Å². The van der Waals surface area contributed by atoms with Gasteiger partial charge in [0.2, 0.25) is 5.91 Å². The molecule has 0 aromatic heterocycles. The van der Waals surface area contributed by atoms with Gasteiger partial charge in [0, 0.05) is 34.9 Å². The fourth-order valence-electron chi connectivity index (χ4n) is 1.98. The normalized spacial score (nSPS) is 34.8. The Hall–Kier alpha value is -0.130. The summed E-state index contributed by atoms with van der Waals surface area (Å²) in [5, 5.41) is 6.15. The van der Waals surface area contributed by atoms with E-state index in [-0.39, 0.29) is 30.3 Å². The third-order valence-corrected chi connectivity index (χ3v) is 4.32. The van der Waals surface area contributed by atoms with Crippen LogP contribution in [0.3, 0.4) is 0 Å². The van der Waals surface area contributed by atoms with Gasteiger partial charge in [0.05, 0.1) is 5.92 Å². The Morgan fingerprint density at radius 3 is 2.73 bits per heavy atom. The van der Waals surface area contributed by atoms with Crippen LogP contribution >= 0.6 is 12.4 Å². The Morgan fingerprint density at radius 2 is 2.20 bits per heavy atom. The summed E-state index contributed by atoms with van der Waals surface area (Å²) in [6.45, 7) is 1.73. The summed E-state index contributed by atoms with van der Waals surface area (Å²) >= 11 is 0. The van der Waals surface area contributed by atoms with Crippen LogP contribution in [0.25, 0.3) is 0 Å². The first-order chi connectivity index (χ1) is 6.75. The smallest absolute Gasteiger partial charge is 0.224 e. The molecule has 2 N–H and O–H groups in total. The molecule has 0 spiro atoms. The molecule has 2 rings (SSSR count). The molecule has 0 radical (unpaired) electrons. The monoisotopic (exact) mass is 252 g/mol. The zero-order valence-electron chi connectivity index (χ0n) is 8.53. The van der Waals surface area contributed by atoms with Gasteiger partial charge in [-0.05, 0) is 19.4 Å². The summed E-state index contributed by atoms with van der Waals surface area (Å²) in [4.78, 5) is 11.7. The van der Waals surface area contributed by atoms with Crippen molar-refractivity contribution >= 4 is 29.1 Å². The van der Waals surface area contributed by atoms with E-state index in [1.807, 2.05) is 0 Å².